The van der Waals surface area contributed by atoms with Gasteiger partial charge in [-0.1, -0.05) is 81.8 Å². The van der Waals surface area contributed by atoms with Crippen molar-refractivity contribution in [3.05, 3.63) is 108 Å². The van der Waals surface area contributed by atoms with Gasteiger partial charge in [-0.3, -0.25) is 9.59 Å². The van der Waals surface area contributed by atoms with Crippen LogP contribution in [0, 0.1) is 5.41 Å². The van der Waals surface area contributed by atoms with Gasteiger partial charge in [0.1, 0.15) is 49.9 Å². The number of ether oxygens (including phenoxy) is 6. The third kappa shape index (κ3) is 16.4. The van der Waals surface area contributed by atoms with Crippen LogP contribution in [0.25, 0.3) is 11.1 Å². The minimum absolute atomic E-state index is 0.0117. The average Bonchev–Trinajstić information content (AvgIpc) is 3.22. The first kappa shape index (κ1) is 47.3. The highest BCUT2D eigenvalue weighted by atomic mass is 16.6. The predicted molar refractivity (Wildman–Crippen MR) is 222 cm³/mol. The fraction of sp³-hybridized carbons (Fsp3) is 0.404. The van der Waals surface area contributed by atoms with Crippen LogP contribution in [0.1, 0.15) is 83.4 Å². The molecule has 0 N–H and O–H groups in total. The molecule has 0 aliphatic rings. The van der Waals surface area contributed by atoms with Crippen LogP contribution in [0.2, 0.25) is 0 Å². The molecule has 0 fully saturated rings. The van der Waals surface area contributed by atoms with Crippen molar-refractivity contribution in [1.82, 2.24) is 0 Å². The number of rotatable bonds is 26. The van der Waals surface area contributed by atoms with E-state index in [2.05, 4.69) is 32.2 Å². The minimum Gasteiger partial charge on any atom is -0.494 e. The molecule has 0 atom stereocenters. The van der Waals surface area contributed by atoms with E-state index in [-0.39, 0.29) is 24.4 Å². The van der Waals surface area contributed by atoms with E-state index in [9.17, 15) is 28.8 Å². The molecule has 3 aromatic rings. The van der Waals surface area contributed by atoms with Gasteiger partial charge in [-0.2, -0.15) is 0 Å². The normalized spacial score (nSPS) is 10.9. The lowest BCUT2D eigenvalue weighted by molar-refractivity contribution is -0.168. The number of Topliss-reactive ketones (excluding diaryl/α,β-unsaturated/α-hetero) is 2. The topological polar surface area (TPSA) is 158 Å². The van der Waals surface area contributed by atoms with Gasteiger partial charge in [-0.15, -0.1) is 0 Å². The predicted octanol–water partition coefficient (Wildman–Crippen LogP) is 7.86. The zero-order valence-corrected chi connectivity index (χ0v) is 34.9. The van der Waals surface area contributed by atoms with Crippen LogP contribution >= 0.6 is 0 Å². The molecule has 59 heavy (non-hydrogen) atoms. The lowest BCUT2D eigenvalue weighted by atomic mass is 9.92. The second kappa shape index (κ2) is 24.0. The van der Waals surface area contributed by atoms with E-state index >= 15 is 0 Å². The largest absolute Gasteiger partial charge is 0.494 e. The number of hydrogen-bond donors (Lipinski definition) is 0. The lowest BCUT2D eigenvalue weighted by Gasteiger charge is -2.31. The summed E-state index contributed by atoms with van der Waals surface area (Å²) in [6.07, 6.45) is 7.49. The van der Waals surface area contributed by atoms with Crippen LogP contribution in [0.3, 0.4) is 0 Å². The van der Waals surface area contributed by atoms with Gasteiger partial charge in [0, 0.05) is 25.0 Å². The third-order valence-electron chi connectivity index (χ3n) is 9.16. The summed E-state index contributed by atoms with van der Waals surface area (Å²) >= 11 is 0. The van der Waals surface area contributed by atoms with Crippen LogP contribution in [0.5, 0.6) is 11.5 Å². The van der Waals surface area contributed by atoms with Crippen molar-refractivity contribution in [2.45, 2.75) is 86.2 Å². The summed E-state index contributed by atoms with van der Waals surface area (Å²) in [5.74, 6) is -4.19. The summed E-state index contributed by atoms with van der Waals surface area (Å²) in [4.78, 5) is 72.2. The van der Waals surface area contributed by atoms with Gasteiger partial charge < -0.3 is 28.4 Å². The number of aryl methyl sites for hydroxylation is 2. The maximum atomic E-state index is 12.4. The van der Waals surface area contributed by atoms with Crippen LogP contribution in [-0.2, 0) is 67.2 Å². The number of carbonyl (C=O) groups excluding carboxylic acids is 6. The highest BCUT2D eigenvalue weighted by Crippen LogP contribution is 2.30. The Balaban J connectivity index is 1.77. The Morgan fingerprint density at radius 2 is 1.05 bits per heavy atom. The quantitative estimate of drug-likeness (QED) is 0.0255. The van der Waals surface area contributed by atoms with Gasteiger partial charge in [0.15, 0.2) is 0 Å². The summed E-state index contributed by atoms with van der Waals surface area (Å²) in [6, 6.07) is 21.2. The van der Waals surface area contributed by atoms with E-state index in [1.807, 2.05) is 30.3 Å². The Hall–Kier alpha value is -6.04. The molecule has 0 bridgehead atoms. The molecule has 0 saturated carbocycles. The van der Waals surface area contributed by atoms with Crippen molar-refractivity contribution in [3.63, 3.8) is 0 Å². The van der Waals surface area contributed by atoms with Crippen LogP contribution in [0.15, 0.2) is 91.0 Å². The zero-order chi connectivity index (χ0) is 43.4. The van der Waals surface area contributed by atoms with E-state index in [1.54, 1.807) is 31.2 Å². The van der Waals surface area contributed by atoms with Crippen molar-refractivity contribution in [2.75, 3.05) is 33.0 Å². The molecule has 12 heteroatoms. The highest BCUT2D eigenvalue weighted by molar-refractivity contribution is 6.32. The molecule has 3 rings (SSSR count). The van der Waals surface area contributed by atoms with E-state index in [4.69, 9.17) is 28.4 Å². The van der Waals surface area contributed by atoms with Crippen LogP contribution < -0.4 is 9.47 Å². The molecule has 0 aliphatic heterocycles. The number of ketones is 2. The number of benzene rings is 3. The molecule has 0 amide bonds. The van der Waals surface area contributed by atoms with Gasteiger partial charge in [-0.25, -0.2) is 19.2 Å². The van der Waals surface area contributed by atoms with Gasteiger partial charge in [0.25, 0.3) is 0 Å². The third-order valence-corrected chi connectivity index (χ3v) is 9.16. The summed E-state index contributed by atoms with van der Waals surface area (Å²) in [7, 11) is 0. The molecule has 0 unspecified atom stereocenters. The van der Waals surface area contributed by atoms with Crippen LogP contribution in [0.4, 0.5) is 0 Å². The maximum absolute atomic E-state index is 12.4. The lowest BCUT2D eigenvalue weighted by Crippen LogP contribution is -2.45. The van der Waals surface area contributed by atoms with Gasteiger partial charge in [0.05, 0.1) is 6.61 Å². The molecule has 0 radical (unpaired) electrons. The zero-order valence-electron chi connectivity index (χ0n) is 34.9. The fourth-order valence-corrected chi connectivity index (χ4v) is 5.64. The Morgan fingerprint density at radius 1 is 0.542 bits per heavy atom. The van der Waals surface area contributed by atoms with E-state index < -0.39 is 60.7 Å². The molecule has 0 heterocycles. The Kier molecular flexibility index (Phi) is 19.3. The fourth-order valence-electron chi connectivity index (χ4n) is 5.64. The molecule has 0 spiro atoms. The molecular formula is C47H56O12. The summed E-state index contributed by atoms with van der Waals surface area (Å²) in [6.45, 7) is 13.1. The number of unbranched alkanes of at least 4 members (excludes halogenated alkanes) is 3. The second-order valence-corrected chi connectivity index (χ2v) is 14.7. The molecule has 0 saturated heterocycles. The molecule has 0 aliphatic carbocycles. The first-order valence-electron chi connectivity index (χ1n) is 19.7. The molecule has 0 aromatic heterocycles. The molecular weight excluding hydrogens is 757 g/mol. The first-order chi connectivity index (χ1) is 28.1. The number of hydrogen-bond acceptors (Lipinski definition) is 12. The van der Waals surface area contributed by atoms with Crippen molar-refractivity contribution in [2.24, 2.45) is 5.41 Å². The van der Waals surface area contributed by atoms with Crippen molar-refractivity contribution >= 4 is 35.4 Å². The van der Waals surface area contributed by atoms with E-state index in [1.165, 1.54) is 38.2 Å². The molecule has 12 nitrogen and oxygen atoms in total. The van der Waals surface area contributed by atoms with Gasteiger partial charge in [-0.05, 0) is 91.6 Å². The minimum atomic E-state index is -1.53. The second-order valence-electron chi connectivity index (χ2n) is 14.7. The molecule has 316 valence electrons. The molecule has 3 aromatic carbocycles. The Labute approximate surface area is 346 Å². The smallest absolute Gasteiger partial charge is 0.374 e. The van der Waals surface area contributed by atoms with Crippen molar-refractivity contribution in [3.8, 4) is 22.6 Å². The maximum Gasteiger partial charge on any atom is 0.374 e. The SMILES string of the molecule is C=C(C)C(=O)OCc1cc(CCCOc2ccc(CCCCCC)cc2)ccc1-c1ccc(OCC(COC(=O)C(=C)C)(COC(=O)C(C)=O)COC(=O)C(C)=O)cc1. The van der Waals surface area contributed by atoms with E-state index in [0.29, 0.717) is 12.4 Å². The van der Waals surface area contributed by atoms with Crippen LogP contribution in [-0.4, -0.2) is 68.5 Å². The van der Waals surface area contributed by atoms with Crippen molar-refractivity contribution < 1.29 is 57.2 Å². The standard InChI is InChI=1S/C47H56O12/c1-8-9-10-11-13-36-15-20-40(21-16-36)54-25-12-14-37-17-24-42(39(26-37)27-55-43(50)32(2)3)38-18-22-41(23-19-38)56-28-47(29-57-44(51)33(4)5,30-58-45(52)34(6)48)31-59-46(53)35(7)49/h15-24,26H,2,4,8-14,25,27-31H2,1,3,5-7H3. The average molecular weight is 813 g/mol. The Bertz CT molecular complexity index is 1870. The van der Waals surface area contributed by atoms with Gasteiger partial charge >= 0.3 is 23.9 Å². The number of esters is 4. The van der Waals surface area contributed by atoms with Gasteiger partial charge in [0.2, 0.25) is 11.6 Å². The Morgan fingerprint density at radius 3 is 1.61 bits per heavy atom. The summed E-state index contributed by atoms with van der Waals surface area (Å²) in [5, 5.41) is 0. The number of carbonyl (C=O) groups is 6. The van der Waals surface area contributed by atoms with E-state index in [0.717, 1.165) is 61.1 Å². The summed E-state index contributed by atoms with van der Waals surface area (Å²) in [5.41, 5.74) is 3.57. The van der Waals surface area contributed by atoms with Crippen molar-refractivity contribution in [1.29, 1.82) is 0 Å². The first-order valence-corrected chi connectivity index (χ1v) is 19.7. The highest BCUT2D eigenvalue weighted by Gasteiger charge is 2.38. The monoisotopic (exact) mass is 812 g/mol. The summed E-state index contributed by atoms with van der Waals surface area (Å²) < 4.78 is 33.3.